The summed E-state index contributed by atoms with van der Waals surface area (Å²) in [4.78, 5) is 34.8. The first-order chi connectivity index (χ1) is 19.7. The molecule has 1 fully saturated rings. The first-order valence-corrected chi connectivity index (χ1v) is 13.3. The Morgan fingerprint density at radius 2 is 1.85 bits per heavy atom. The molecule has 0 radical (unpaired) electrons. The number of ether oxygens (including phenoxy) is 1. The van der Waals surface area contributed by atoms with Crippen LogP contribution in [0.2, 0.25) is 0 Å². The molecule has 0 spiro atoms. The number of nitrogens with two attached hydrogens (primary N) is 1. The fraction of sp³-hybridized carbons (Fsp3) is 0.300. The Morgan fingerprint density at radius 1 is 1.12 bits per heavy atom. The average molecular weight is 556 g/mol. The predicted molar refractivity (Wildman–Crippen MR) is 151 cm³/mol. The van der Waals surface area contributed by atoms with Crippen molar-refractivity contribution in [1.82, 2.24) is 19.7 Å². The van der Waals surface area contributed by atoms with Crippen LogP contribution in [0.25, 0.3) is 10.9 Å². The maximum atomic E-state index is 14.2. The van der Waals surface area contributed by atoms with Gasteiger partial charge in [0.15, 0.2) is 0 Å². The number of pyridine rings is 1. The third kappa shape index (κ3) is 5.94. The van der Waals surface area contributed by atoms with Crippen molar-refractivity contribution in [2.45, 2.75) is 20.4 Å². The Balaban J connectivity index is 1.54. The van der Waals surface area contributed by atoms with Gasteiger partial charge in [-0.15, -0.1) is 0 Å². The second-order valence-electron chi connectivity index (χ2n) is 9.98. The highest BCUT2D eigenvalue weighted by atomic mass is 19.1. The van der Waals surface area contributed by atoms with E-state index in [1.54, 1.807) is 17.0 Å². The van der Waals surface area contributed by atoms with Crippen LogP contribution in [0.1, 0.15) is 43.4 Å². The Hall–Kier alpha value is -4.66. The van der Waals surface area contributed by atoms with Crippen LogP contribution in [-0.4, -0.2) is 70.9 Å². The summed E-state index contributed by atoms with van der Waals surface area (Å²) in [6.07, 6.45) is 0. The average Bonchev–Trinajstić information content (AvgIpc) is 3.25. The second-order valence-corrected chi connectivity index (χ2v) is 9.98. The van der Waals surface area contributed by atoms with E-state index in [9.17, 15) is 14.0 Å². The molecule has 0 saturated carbocycles. The summed E-state index contributed by atoms with van der Waals surface area (Å²) in [6.45, 7) is 7.83. The van der Waals surface area contributed by atoms with Gasteiger partial charge in [0, 0.05) is 37.6 Å². The number of carbonyl (C=O) groups is 2. The highest BCUT2D eigenvalue weighted by Gasteiger charge is 2.28. The molecule has 10 nitrogen and oxygen atoms in total. The molecule has 11 heteroatoms. The molecule has 1 aliphatic heterocycles. The molecule has 210 valence electrons. The molecule has 2 aromatic heterocycles. The van der Waals surface area contributed by atoms with Crippen LogP contribution in [0.4, 0.5) is 10.1 Å². The summed E-state index contributed by atoms with van der Waals surface area (Å²) in [5.41, 5.74) is 9.46. The van der Waals surface area contributed by atoms with Crippen molar-refractivity contribution in [3.8, 4) is 6.07 Å². The van der Waals surface area contributed by atoms with E-state index in [1.165, 1.54) is 24.3 Å². The normalized spacial score (nSPS) is 13.7. The topological polar surface area (TPSA) is 130 Å². The number of nitriles is 1. The van der Waals surface area contributed by atoms with E-state index in [0.717, 1.165) is 24.3 Å². The van der Waals surface area contributed by atoms with Gasteiger partial charge in [0.25, 0.3) is 5.91 Å². The molecule has 1 saturated heterocycles. The van der Waals surface area contributed by atoms with Crippen molar-refractivity contribution >= 4 is 28.4 Å². The lowest BCUT2D eigenvalue weighted by molar-refractivity contribution is 0.0391. The maximum Gasteiger partial charge on any atom is 0.277 e. The monoisotopic (exact) mass is 555 g/mol. The number of morpholine rings is 1. The molecule has 4 aromatic rings. The van der Waals surface area contributed by atoms with Gasteiger partial charge in [-0.3, -0.25) is 19.2 Å². The smallest absolute Gasteiger partial charge is 0.277 e. The van der Waals surface area contributed by atoms with Crippen LogP contribution < -0.4 is 10.6 Å². The lowest BCUT2D eigenvalue weighted by Crippen LogP contribution is -2.43. The molecule has 2 aromatic carbocycles. The van der Waals surface area contributed by atoms with Crippen molar-refractivity contribution in [3.63, 3.8) is 0 Å². The van der Waals surface area contributed by atoms with Crippen LogP contribution in [0.5, 0.6) is 0 Å². The van der Waals surface area contributed by atoms with Gasteiger partial charge >= 0.3 is 0 Å². The summed E-state index contributed by atoms with van der Waals surface area (Å²) < 4.78 is 21.4. The van der Waals surface area contributed by atoms with Gasteiger partial charge in [-0.05, 0) is 49.7 Å². The quantitative estimate of drug-likeness (QED) is 0.353. The van der Waals surface area contributed by atoms with Crippen LogP contribution in [0, 0.1) is 31.0 Å². The van der Waals surface area contributed by atoms with Crippen molar-refractivity contribution in [1.29, 1.82) is 5.26 Å². The van der Waals surface area contributed by atoms with E-state index >= 15 is 0 Å². The molecule has 5 rings (SSSR count). The van der Waals surface area contributed by atoms with E-state index < -0.39 is 17.6 Å². The fourth-order valence-electron chi connectivity index (χ4n) is 5.12. The first kappa shape index (κ1) is 27.9. The highest BCUT2D eigenvalue weighted by Crippen LogP contribution is 2.28. The Kier molecular flexibility index (Phi) is 8.05. The van der Waals surface area contributed by atoms with E-state index in [-0.39, 0.29) is 16.8 Å². The lowest BCUT2D eigenvalue weighted by Gasteiger charge is -2.30. The zero-order valence-electron chi connectivity index (χ0n) is 22.9. The van der Waals surface area contributed by atoms with Crippen LogP contribution >= 0.6 is 0 Å². The number of anilines is 1. The van der Waals surface area contributed by atoms with Gasteiger partial charge < -0.3 is 15.4 Å². The van der Waals surface area contributed by atoms with Crippen molar-refractivity contribution in [2.24, 2.45) is 5.73 Å². The summed E-state index contributed by atoms with van der Waals surface area (Å²) in [5, 5.41) is 14.2. The van der Waals surface area contributed by atoms with Gasteiger partial charge in [0.2, 0.25) is 5.91 Å². The van der Waals surface area contributed by atoms with Gasteiger partial charge in [-0.2, -0.15) is 10.4 Å². The van der Waals surface area contributed by atoms with Gasteiger partial charge in [-0.25, -0.2) is 9.37 Å². The first-order valence-electron chi connectivity index (χ1n) is 13.3. The van der Waals surface area contributed by atoms with Gasteiger partial charge in [0.1, 0.15) is 11.5 Å². The molecule has 41 heavy (non-hydrogen) atoms. The predicted octanol–water partition coefficient (Wildman–Crippen LogP) is 3.19. The van der Waals surface area contributed by atoms with Crippen LogP contribution in [0.3, 0.4) is 0 Å². The van der Waals surface area contributed by atoms with Crippen molar-refractivity contribution < 1.29 is 18.7 Å². The van der Waals surface area contributed by atoms with Crippen molar-refractivity contribution in [2.75, 3.05) is 44.3 Å². The number of primary amides is 1. The zero-order valence-corrected chi connectivity index (χ0v) is 22.9. The lowest BCUT2D eigenvalue weighted by atomic mass is 10.1. The molecule has 0 aliphatic carbocycles. The number of amides is 2. The number of halogens is 1. The third-order valence-corrected chi connectivity index (χ3v) is 7.27. The van der Waals surface area contributed by atoms with Crippen molar-refractivity contribution in [3.05, 3.63) is 88.1 Å². The largest absolute Gasteiger partial charge is 0.379 e. The number of fused-ring (bicyclic) bond motifs is 1. The molecule has 2 N–H and O–H groups in total. The third-order valence-electron chi connectivity index (χ3n) is 7.27. The SMILES string of the molecule is Cc1nn(Cc2ccc(C#N)cc2)c(C)c1N(CCN1CCOCC1)C(=O)c1cc(C(N)=O)c2ccc(F)cc2n1. The number of hydrogen-bond acceptors (Lipinski definition) is 7. The number of nitrogens with zero attached hydrogens (tertiary/aromatic N) is 6. The Labute approximate surface area is 236 Å². The molecule has 0 bridgehead atoms. The van der Waals surface area contributed by atoms with Crippen LogP contribution in [-0.2, 0) is 11.3 Å². The summed E-state index contributed by atoms with van der Waals surface area (Å²) >= 11 is 0. The van der Waals surface area contributed by atoms with Gasteiger partial charge in [0.05, 0.1) is 59.5 Å². The van der Waals surface area contributed by atoms with E-state index in [0.29, 0.717) is 55.2 Å². The maximum absolute atomic E-state index is 14.2. The highest BCUT2D eigenvalue weighted by molar-refractivity contribution is 6.11. The molecular formula is C30H30FN7O3. The fourth-order valence-corrected chi connectivity index (χ4v) is 5.12. The molecular weight excluding hydrogens is 525 g/mol. The second kappa shape index (κ2) is 11.8. The molecule has 2 amide bonds. The van der Waals surface area contributed by atoms with Gasteiger partial charge in [-0.1, -0.05) is 12.1 Å². The minimum absolute atomic E-state index is 0.0162. The number of aromatic nitrogens is 3. The number of carbonyl (C=O) groups excluding carboxylic acids is 2. The number of benzene rings is 2. The summed E-state index contributed by atoms with van der Waals surface area (Å²) in [6, 6.07) is 14.6. The minimum Gasteiger partial charge on any atom is -0.379 e. The molecule has 0 atom stereocenters. The molecule has 3 heterocycles. The Morgan fingerprint density at radius 3 is 2.54 bits per heavy atom. The zero-order chi connectivity index (χ0) is 29.1. The number of aryl methyl sites for hydroxylation is 1. The van der Waals surface area contributed by atoms with E-state index in [4.69, 9.17) is 20.8 Å². The molecule has 1 aliphatic rings. The van der Waals surface area contributed by atoms with E-state index in [2.05, 4.69) is 16.0 Å². The minimum atomic E-state index is -0.736. The standard InChI is InChI=1S/C30H30FN7O3/c1-19-28(20(2)38(35-19)18-22-5-3-21(17-32)4-6-22)37(10-9-36-11-13-41-14-12-36)30(40)27-16-25(29(33)39)24-8-7-23(31)15-26(24)34-27/h3-8,15-16H,9-14,18H2,1-2H3,(H2,33,39). The number of rotatable bonds is 8. The van der Waals surface area contributed by atoms with E-state index in [1.807, 2.05) is 30.7 Å². The summed E-state index contributed by atoms with van der Waals surface area (Å²) in [5.74, 6) is -1.72. The van der Waals surface area contributed by atoms with Crippen LogP contribution in [0.15, 0.2) is 48.5 Å². The number of hydrogen-bond donors (Lipinski definition) is 1. The Bertz CT molecular complexity index is 1650. The summed E-state index contributed by atoms with van der Waals surface area (Å²) in [7, 11) is 0. The molecule has 0 unspecified atom stereocenters.